The molecule has 2 aromatic rings. The minimum absolute atomic E-state index is 0.196. The number of hydrogen-bond acceptors (Lipinski definition) is 7. The van der Waals surface area contributed by atoms with Crippen molar-refractivity contribution < 1.29 is 24.5 Å². The van der Waals surface area contributed by atoms with Crippen LogP contribution in [0.1, 0.15) is 30.9 Å². The molecule has 1 amide bonds. The minimum Gasteiger partial charge on any atom is -0.448 e. The Balaban J connectivity index is 1.53. The Hall–Kier alpha value is -1.94. The molecule has 1 atom stereocenters. The first-order valence-corrected chi connectivity index (χ1v) is 10.0. The van der Waals surface area contributed by atoms with Crippen LogP contribution >= 0.6 is 11.3 Å². The summed E-state index contributed by atoms with van der Waals surface area (Å²) in [5, 5.41) is 21.3. The average Bonchev–Trinajstić information content (AvgIpc) is 3.22. The van der Waals surface area contributed by atoms with Crippen LogP contribution in [0, 0.1) is 5.41 Å². The lowest BCUT2D eigenvalue weighted by Gasteiger charge is -2.33. The highest BCUT2D eigenvalue weighted by atomic mass is 32.1. The number of morpholine rings is 1. The summed E-state index contributed by atoms with van der Waals surface area (Å²) in [6, 6.07) is 6.83. The third-order valence-electron chi connectivity index (χ3n) is 5.09. The fourth-order valence-corrected chi connectivity index (χ4v) is 4.11. The molecule has 1 saturated heterocycles. The number of nitrogens with zero attached hydrogens (tertiary/aromatic N) is 2. The van der Waals surface area contributed by atoms with Gasteiger partial charge in [0.2, 0.25) is 13.8 Å². The van der Waals surface area contributed by atoms with Crippen molar-refractivity contribution in [1.29, 1.82) is 0 Å². The Morgan fingerprint density at radius 3 is 2.89 bits per heavy atom. The summed E-state index contributed by atoms with van der Waals surface area (Å²) < 4.78 is 10.9. The maximum Gasteiger partial charge on any atom is 0.259 e. The van der Waals surface area contributed by atoms with Crippen molar-refractivity contribution in [2.45, 2.75) is 31.7 Å². The second kappa shape index (κ2) is 7.15. The number of rotatable bonds is 5. The molecule has 2 heterocycles. The van der Waals surface area contributed by atoms with Gasteiger partial charge < -0.3 is 24.6 Å². The van der Waals surface area contributed by atoms with Crippen LogP contribution < -0.4 is 4.74 Å². The third-order valence-corrected chi connectivity index (χ3v) is 6.03. The molecule has 146 valence electrons. The predicted octanol–water partition coefficient (Wildman–Crippen LogP) is 1.65. The first kappa shape index (κ1) is 19.4. The van der Waals surface area contributed by atoms with E-state index >= 15 is 0 Å². The maximum atomic E-state index is 12.6. The molecule has 2 fully saturated rings. The van der Waals surface area contributed by atoms with Crippen LogP contribution in [0.2, 0.25) is 0 Å². The third kappa shape index (κ3) is 4.07. The molecule has 2 N–H and O–H groups in total. The van der Waals surface area contributed by atoms with Crippen molar-refractivity contribution in [3.63, 3.8) is 0 Å². The van der Waals surface area contributed by atoms with Crippen LogP contribution in [0.5, 0.6) is 5.75 Å². The lowest BCUT2D eigenvalue weighted by atomic mass is 10.1. The Morgan fingerprint density at radius 1 is 1.43 bits per heavy atom. The van der Waals surface area contributed by atoms with Gasteiger partial charge in [-0.2, -0.15) is 0 Å². The molecule has 0 spiro atoms. The zero-order valence-electron chi connectivity index (χ0n) is 15.5. The normalized spacial score (nSPS) is 21.4. The van der Waals surface area contributed by atoms with Gasteiger partial charge in [0.05, 0.1) is 18.8 Å². The second-order valence-electron chi connectivity index (χ2n) is 7.50. The topological polar surface area (TPSA) is 92.1 Å². The monoisotopic (exact) mass is 400 g/mol. The van der Waals surface area contributed by atoms with E-state index in [1.54, 1.807) is 24.3 Å². The summed E-state index contributed by atoms with van der Waals surface area (Å²) in [7, 11) is 5.13. The molecule has 1 aromatic heterocycles. The summed E-state index contributed by atoms with van der Waals surface area (Å²) in [6.07, 6.45) is 1.62. The van der Waals surface area contributed by atoms with E-state index in [4.69, 9.17) is 17.3 Å². The number of thiazole rings is 1. The summed E-state index contributed by atoms with van der Waals surface area (Å²) in [4.78, 5) is 19.2. The van der Waals surface area contributed by atoms with Gasteiger partial charge >= 0.3 is 0 Å². The van der Waals surface area contributed by atoms with Crippen molar-refractivity contribution >= 4 is 25.1 Å². The van der Waals surface area contributed by atoms with Crippen molar-refractivity contribution in [2.75, 3.05) is 19.7 Å². The number of para-hydroxylation sites is 1. The SMILES string of the molecule is [B]C(O)(O)Oc1ccccc1-c1csc(C2CN(C(=O)C3(C)CC3)CCO2)n1. The molecule has 4 rings (SSSR count). The van der Waals surface area contributed by atoms with Gasteiger partial charge in [0.25, 0.3) is 5.87 Å². The molecular formula is C19H21BN2O5S. The molecule has 28 heavy (non-hydrogen) atoms. The zero-order valence-corrected chi connectivity index (χ0v) is 16.3. The molecule has 0 bridgehead atoms. The van der Waals surface area contributed by atoms with Crippen LogP contribution in [0.3, 0.4) is 0 Å². The second-order valence-corrected chi connectivity index (χ2v) is 8.39. The highest BCUT2D eigenvalue weighted by molar-refractivity contribution is 7.10. The fourth-order valence-electron chi connectivity index (χ4n) is 3.25. The highest BCUT2D eigenvalue weighted by Crippen LogP contribution is 2.47. The van der Waals surface area contributed by atoms with Crippen LogP contribution in [0.4, 0.5) is 0 Å². The van der Waals surface area contributed by atoms with Gasteiger partial charge in [0.15, 0.2) is 0 Å². The van der Waals surface area contributed by atoms with Crippen LogP contribution in [0.25, 0.3) is 11.3 Å². The number of aliphatic hydroxyl groups is 2. The molecule has 9 heteroatoms. The van der Waals surface area contributed by atoms with Crippen LogP contribution in [-0.4, -0.2) is 59.4 Å². The van der Waals surface area contributed by atoms with Gasteiger partial charge in [-0.3, -0.25) is 4.79 Å². The number of benzene rings is 1. The zero-order chi connectivity index (χ0) is 19.9. The van der Waals surface area contributed by atoms with Crippen molar-refractivity contribution in [3.05, 3.63) is 34.7 Å². The van der Waals surface area contributed by atoms with Gasteiger partial charge in [0, 0.05) is 22.9 Å². The van der Waals surface area contributed by atoms with E-state index in [1.165, 1.54) is 11.3 Å². The Labute approximate surface area is 168 Å². The van der Waals surface area contributed by atoms with Gasteiger partial charge in [-0.1, -0.05) is 19.1 Å². The quantitative estimate of drug-likeness (QED) is 0.586. The van der Waals surface area contributed by atoms with Crippen molar-refractivity contribution in [3.8, 4) is 17.0 Å². The van der Waals surface area contributed by atoms with E-state index in [-0.39, 0.29) is 23.2 Å². The van der Waals surface area contributed by atoms with E-state index < -0.39 is 5.87 Å². The fraction of sp³-hybridized carbons (Fsp3) is 0.474. The van der Waals surface area contributed by atoms with E-state index in [0.29, 0.717) is 31.0 Å². The molecule has 1 saturated carbocycles. The summed E-state index contributed by atoms with van der Waals surface area (Å²) in [5.41, 5.74) is 0.994. The average molecular weight is 400 g/mol. The first-order valence-electron chi connectivity index (χ1n) is 9.14. The number of hydrogen-bond donors (Lipinski definition) is 2. The van der Waals surface area contributed by atoms with E-state index in [1.807, 2.05) is 17.2 Å². The molecule has 7 nitrogen and oxygen atoms in total. The van der Waals surface area contributed by atoms with Gasteiger partial charge in [0.1, 0.15) is 16.9 Å². The largest absolute Gasteiger partial charge is 0.448 e. The Kier molecular flexibility index (Phi) is 4.95. The molecule has 1 aliphatic heterocycles. The Morgan fingerprint density at radius 2 is 2.18 bits per heavy atom. The van der Waals surface area contributed by atoms with Crippen LogP contribution in [0.15, 0.2) is 29.6 Å². The summed E-state index contributed by atoms with van der Waals surface area (Å²) in [6.45, 7) is 3.58. The van der Waals surface area contributed by atoms with Crippen molar-refractivity contribution in [2.24, 2.45) is 5.41 Å². The number of carbonyl (C=O) groups excluding carboxylic acids is 1. The molecule has 2 aliphatic rings. The van der Waals surface area contributed by atoms with Gasteiger partial charge in [-0.05, 0) is 25.0 Å². The standard InChI is InChI=1S/C19H21BN2O5S/c1-18(6-7-18)17(23)22-8-9-26-15(10-22)16-21-13(11-28-16)12-4-2-3-5-14(12)27-19(20,24)25/h2-5,11,15,24-25H,6-10H2,1H3. The lowest BCUT2D eigenvalue weighted by Crippen LogP contribution is -2.45. The van der Waals surface area contributed by atoms with Crippen molar-refractivity contribution in [1.82, 2.24) is 9.88 Å². The maximum absolute atomic E-state index is 12.6. The van der Waals surface area contributed by atoms with E-state index in [0.717, 1.165) is 17.8 Å². The lowest BCUT2D eigenvalue weighted by molar-refractivity contribution is -0.223. The number of aromatic nitrogens is 1. The summed E-state index contributed by atoms with van der Waals surface area (Å²) >= 11 is 1.43. The number of ether oxygens (including phenoxy) is 2. The molecule has 1 aliphatic carbocycles. The van der Waals surface area contributed by atoms with E-state index in [9.17, 15) is 15.0 Å². The number of amides is 1. The molecular weight excluding hydrogens is 379 g/mol. The summed E-state index contributed by atoms with van der Waals surface area (Å²) in [5.74, 6) is -2.38. The first-order chi connectivity index (χ1) is 13.3. The predicted molar refractivity (Wildman–Crippen MR) is 104 cm³/mol. The number of carbonyl (C=O) groups is 1. The Bertz CT molecular complexity index is 877. The van der Waals surface area contributed by atoms with Crippen LogP contribution in [-0.2, 0) is 9.53 Å². The molecule has 1 aromatic carbocycles. The van der Waals surface area contributed by atoms with Gasteiger partial charge in [-0.15, -0.1) is 11.3 Å². The van der Waals surface area contributed by atoms with Gasteiger partial charge in [-0.25, -0.2) is 4.98 Å². The highest BCUT2D eigenvalue weighted by Gasteiger charge is 2.48. The smallest absolute Gasteiger partial charge is 0.259 e. The van der Waals surface area contributed by atoms with E-state index in [2.05, 4.69) is 4.98 Å². The minimum atomic E-state index is -2.78. The molecule has 2 radical (unpaired) electrons. The molecule has 1 unspecified atom stereocenters.